The molecule has 0 saturated heterocycles. The van der Waals surface area contributed by atoms with Crippen molar-refractivity contribution in [2.45, 2.75) is 6.42 Å². The van der Waals surface area contributed by atoms with Gasteiger partial charge >= 0.3 is 0 Å². The van der Waals surface area contributed by atoms with Crippen molar-refractivity contribution in [2.24, 2.45) is 0 Å². The molecule has 2 rings (SSSR count). The first-order chi connectivity index (χ1) is 7.27. The van der Waals surface area contributed by atoms with Crippen molar-refractivity contribution in [1.29, 1.82) is 0 Å². The fourth-order valence-electron chi connectivity index (χ4n) is 1.26. The van der Waals surface area contributed by atoms with Crippen molar-refractivity contribution in [3.63, 3.8) is 0 Å². The third-order valence-electron chi connectivity index (χ3n) is 2.02. The Morgan fingerprint density at radius 2 is 2.13 bits per heavy atom. The Bertz CT molecular complexity index is 465. The molecule has 4 heteroatoms. The van der Waals surface area contributed by atoms with E-state index in [1.165, 1.54) is 18.3 Å². The molecule has 15 heavy (non-hydrogen) atoms. The Labute approximate surface area is 85.5 Å². The summed E-state index contributed by atoms with van der Waals surface area (Å²) in [6.07, 6.45) is 1.37. The quantitative estimate of drug-likeness (QED) is 0.721. The van der Waals surface area contributed by atoms with E-state index < -0.39 is 0 Å². The van der Waals surface area contributed by atoms with Gasteiger partial charge in [-0.2, -0.15) is 0 Å². The van der Waals surface area contributed by atoms with Crippen LogP contribution in [0.1, 0.15) is 16.1 Å². The highest BCUT2D eigenvalue weighted by molar-refractivity contribution is 5.94. The van der Waals surface area contributed by atoms with Crippen LogP contribution in [-0.2, 0) is 6.42 Å². The summed E-state index contributed by atoms with van der Waals surface area (Å²) < 4.78 is 17.9. The second-order valence-corrected chi connectivity index (χ2v) is 3.07. The van der Waals surface area contributed by atoms with E-state index in [2.05, 4.69) is 9.68 Å². The Morgan fingerprint density at radius 3 is 2.80 bits per heavy atom. The van der Waals surface area contributed by atoms with E-state index in [1.807, 2.05) is 0 Å². The summed E-state index contributed by atoms with van der Waals surface area (Å²) >= 11 is 0. The van der Waals surface area contributed by atoms with Crippen molar-refractivity contribution in [1.82, 2.24) is 5.16 Å². The number of hydrogen-bond donors (Lipinski definition) is 0. The maximum atomic E-state index is 13.2. The third kappa shape index (κ3) is 2.10. The van der Waals surface area contributed by atoms with E-state index in [0.29, 0.717) is 5.56 Å². The Hall–Kier alpha value is -1.97. The lowest BCUT2D eigenvalue weighted by molar-refractivity contribution is 0.0956. The molecule has 0 aliphatic heterocycles. The van der Waals surface area contributed by atoms with Gasteiger partial charge in [0, 0.05) is 12.5 Å². The third-order valence-corrected chi connectivity index (χ3v) is 2.02. The van der Waals surface area contributed by atoms with Gasteiger partial charge in [0.25, 0.3) is 0 Å². The average molecular weight is 205 g/mol. The van der Waals surface area contributed by atoms with Gasteiger partial charge in [0.1, 0.15) is 5.82 Å². The lowest BCUT2D eigenvalue weighted by Gasteiger charge is -1.99. The topological polar surface area (TPSA) is 43.1 Å². The number of carbonyl (C=O) groups excluding carboxylic acids is 1. The van der Waals surface area contributed by atoms with Crippen LogP contribution in [-0.4, -0.2) is 10.9 Å². The molecule has 3 nitrogen and oxygen atoms in total. The van der Waals surface area contributed by atoms with Crippen LogP contribution < -0.4 is 0 Å². The molecule has 2 aromatic rings. The fraction of sp³-hybridized carbons (Fsp3) is 0.0909. The van der Waals surface area contributed by atoms with Crippen molar-refractivity contribution in [2.75, 3.05) is 0 Å². The molecule has 1 heterocycles. The Morgan fingerprint density at radius 1 is 1.33 bits per heavy atom. The highest BCUT2D eigenvalue weighted by Crippen LogP contribution is 2.10. The van der Waals surface area contributed by atoms with Gasteiger partial charge in [0.15, 0.2) is 0 Å². The van der Waals surface area contributed by atoms with Gasteiger partial charge in [-0.25, -0.2) is 4.39 Å². The first-order valence-electron chi connectivity index (χ1n) is 4.44. The molecular weight excluding hydrogens is 197 g/mol. The number of aromatic nitrogens is 1. The SMILES string of the molecule is O=C(Cc1ccccc1F)c1ccno1. The van der Waals surface area contributed by atoms with Crippen LogP contribution in [0.4, 0.5) is 4.39 Å². The van der Waals surface area contributed by atoms with Crippen LogP contribution in [0.3, 0.4) is 0 Å². The number of ketones is 1. The van der Waals surface area contributed by atoms with Gasteiger partial charge in [-0.1, -0.05) is 23.4 Å². The molecule has 1 aromatic heterocycles. The number of carbonyl (C=O) groups is 1. The summed E-state index contributed by atoms with van der Waals surface area (Å²) in [5.74, 6) is -0.513. The smallest absolute Gasteiger partial charge is 0.205 e. The number of benzene rings is 1. The molecular formula is C11H8FNO2. The van der Waals surface area contributed by atoms with Gasteiger partial charge in [-0.05, 0) is 11.6 Å². The molecule has 0 aliphatic rings. The predicted molar refractivity (Wildman–Crippen MR) is 50.9 cm³/mol. The first kappa shape index (κ1) is 9.58. The van der Waals surface area contributed by atoms with Crippen molar-refractivity contribution in [3.8, 4) is 0 Å². The van der Waals surface area contributed by atoms with Crippen LogP contribution >= 0.6 is 0 Å². The zero-order chi connectivity index (χ0) is 10.7. The van der Waals surface area contributed by atoms with Crippen LogP contribution in [0, 0.1) is 5.82 Å². The Balaban J connectivity index is 2.17. The van der Waals surface area contributed by atoms with Gasteiger partial charge in [0.05, 0.1) is 6.20 Å². The molecule has 0 N–H and O–H groups in total. The minimum atomic E-state index is -0.384. The largest absolute Gasteiger partial charge is 0.353 e. The standard InChI is InChI=1S/C11H8FNO2/c12-9-4-2-1-3-8(9)7-10(14)11-5-6-13-15-11/h1-6H,7H2. The normalized spacial score (nSPS) is 10.2. The van der Waals surface area contributed by atoms with Crippen LogP contribution in [0.25, 0.3) is 0 Å². The minimum absolute atomic E-state index is 0.0120. The molecule has 1 aromatic carbocycles. The second kappa shape index (κ2) is 4.04. The van der Waals surface area contributed by atoms with Crippen molar-refractivity contribution >= 4 is 5.78 Å². The van der Waals surface area contributed by atoms with E-state index in [0.717, 1.165) is 0 Å². The first-order valence-corrected chi connectivity index (χ1v) is 4.44. The van der Waals surface area contributed by atoms with Gasteiger partial charge in [-0.15, -0.1) is 0 Å². The summed E-state index contributed by atoms with van der Waals surface area (Å²) in [5, 5.41) is 3.42. The van der Waals surface area contributed by atoms with E-state index in [4.69, 9.17) is 0 Å². The summed E-state index contributed by atoms with van der Waals surface area (Å²) in [7, 11) is 0. The summed E-state index contributed by atoms with van der Waals surface area (Å²) in [4.78, 5) is 11.5. The van der Waals surface area contributed by atoms with E-state index in [9.17, 15) is 9.18 Å². The molecule has 0 unspecified atom stereocenters. The van der Waals surface area contributed by atoms with E-state index >= 15 is 0 Å². The van der Waals surface area contributed by atoms with Crippen molar-refractivity contribution < 1.29 is 13.7 Å². The zero-order valence-electron chi connectivity index (χ0n) is 7.81. The molecule has 0 fully saturated rings. The Kier molecular flexibility index (Phi) is 2.58. The number of hydrogen-bond acceptors (Lipinski definition) is 3. The van der Waals surface area contributed by atoms with Gasteiger partial charge < -0.3 is 4.52 Å². The highest BCUT2D eigenvalue weighted by Gasteiger charge is 2.12. The maximum Gasteiger partial charge on any atom is 0.205 e. The lowest BCUT2D eigenvalue weighted by Crippen LogP contribution is -2.03. The molecule has 0 spiro atoms. The van der Waals surface area contributed by atoms with Crippen LogP contribution in [0.2, 0.25) is 0 Å². The van der Waals surface area contributed by atoms with Gasteiger partial charge in [0.2, 0.25) is 11.5 Å². The predicted octanol–water partition coefficient (Wildman–Crippen LogP) is 2.24. The minimum Gasteiger partial charge on any atom is -0.353 e. The molecule has 0 bridgehead atoms. The summed E-state index contributed by atoms with van der Waals surface area (Å²) in [6, 6.07) is 7.62. The highest BCUT2D eigenvalue weighted by atomic mass is 19.1. The van der Waals surface area contributed by atoms with E-state index in [-0.39, 0.29) is 23.8 Å². The van der Waals surface area contributed by atoms with E-state index in [1.54, 1.807) is 18.2 Å². The summed E-state index contributed by atoms with van der Waals surface area (Å²) in [5.41, 5.74) is 0.360. The number of halogens is 1. The monoisotopic (exact) mass is 205 g/mol. The number of rotatable bonds is 3. The lowest BCUT2D eigenvalue weighted by atomic mass is 10.1. The molecule has 76 valence electrons. The van der Waals surface area contributed by atoms with Gasteiger partial charge in [-0.3, -0.25) is 4.79 Å². The number of nitrogens with zero attached hydrogens (tertiary/aromatic N) is 1. The molecule has 0 saturated carbocycles. The maximum absolute atomic E-state index is 13.2. The average Bonchev–Trinajstić information content (AvgIpc) is 2.74. The number of Topliss-reactive ketones (excluding diaryl/α,β-unsaturated/α-hetero) is 1. The molecule has 0 atom stereocenters. The molecule has 0 radical (unpaired) electrons. The second-order valence-electron chi connectivity index (χ2n) is 3.07. The zero-order valence-corrected chi connectivity index (χ0v) is 7.81. The van der Waals surface area contributed by atoms with Crippen LogP contribution in [0.15, 0.2) is 41.1 Å². The fourth-order valence-corrected chi connectivity index (χ4v) is 1.26. The van der Waals surface area contributed by atoms with Crippen LogP contribution in [0.5, 0.6) is 0 Å². The van der Waals surface area contributed by atoms with Crippen molar-refractivity contribution in [3.05, 3.63) is 53.7 Å². The molecule has 0 aliphatic carbocycles. The molecule has 0 amide bonds. The summed E-state index contributed by atoms with van der Waals surface area (Å²) in [6.45, 7) is 0.